The molecule has 3 aromatic rings. The topological polar surface area (TPSA) is 109 Å². The lowest BCUT2D eigenvalue weighted by molar-refractivity contribution is -0.143. The number of nitrogens with one attached hydrogen (secondary N) is 1. The van der Waals surface area contributed by atoms with E-state index in [4.69, 9.17) is 5.11 Å². The maximum Gasteiger partial charge on any atom is 0.328 e. The van der Waals surface area contributed by atoms with Gasteiger partial charge in [-0.25, -0.2) is 8.75 Å². The molecule has 0 aliphatic carbocycles. The van der Waals surface area contributed by atoms with Gasteiger partial charge < -0.3 is 15.5 Å². The Morgan fingerprint density at radius 1 is 1.08 bits per heavy atom. The predicted molar refractivity (Wildman–Crippen MR) is 97.3 cm³/mol. The van der Waals surface area contributed by atoms with Gasteiger partial charge in [-0.3, -0.25) is 9.59 Å². The van der Waals surface area contributed by atoms with Gasteiger partial charge in [0.1, 0.15) is 6.04 Å². The molecule has 26 heavy (non-hydrogen) atoms. The molecule has 0 bridgehead atoms. The van der Waals surface area contributed by atoms with Crippen molar-refractivity contribution in [3.05, 3.63) is 70.5 Å². The molecule has 8 heteroatoms. The molecule has 1 amide bonds. The van der Waals surface area contributed by atoms with Gasteiger partial charge in [0, 0.05) is 0 Å². The van der Waals surface area contributed by atoms with Crippen LogP contribution in [-0.4, -0.2) is 38.7 Å². The van der Waals surface area contributed by atoms with E-state index < -0.39 is 30.6 Å². The zero-order chi connectivity index (χ0) is 18.7. The first-order valence-electron chi connectivity index (χ1n) is 7.82. The third-order valence-electron chi connectivity index (χ3n) is 3.91. The Kier molecular flexibility index (Phi) is 5.15. The molecule has 0 aliphatic rings. The minimum Gasteiger partial charge on any atom is -0.480 e. The summed E-state index contributed by atoms with van der Waals surface area (Å²) in [5.74, 6) is -2.03. The molecular weight excluding hydrogens is 356 g/mol. The first kappa shape index (κ1) is 17.8. The Labute approximate surface area is 152 Å². The molecule has 0 fully saturated rings. The lowest BCUT2D eigenvalue weighted by Gasteiger charge is -2.20. The molecule has 1 unspecified atom stereocenters. The number of benzene rings is 2. The number of carboxylic acid groups (broad SMARTS) is 1. The highest BCUT2D eigenvalue weighted by Crippen LogP contribution is 2.24. The molecule has 2 aromatic carbocycles. The van der Waals surface area contributed by atoms with Crippen LogP contribution < -0.4 is 10.9 Å². The fourth-order valence-corrected chi connectivity index (χ4v) is 3.73. The number of fused-ring (bicyclic) bond motifs is 1. The predicted octanol–water partition coefficient (Wildman–Crippen LogP) is 1.21. The van der Waals surface area contributed by atoms with Crippen molar-refractivity contribution in [1.29, 1.82) is 0 Å². The van der Waals surface area contributed by atoms with Crippen molar-refractivity contribution in [2.75, 3.05) is 6.61 Å². The largest absolute Gasteiger partial charge is 0.480 e. The minimum atomic E-state index is -1.45. The van der Waals surface area contributed by atoms with Crippen LogP contribution in [-0.2, 0) is 9.59 Å². The van der Waals surface area contributed by atoms with Crippen LogP contribution in [0.5, 0.6) is 0 Å². The van der Waals surface area contributed by atoms with Gasteiger partial charge in [-0.05, 0) is 17.7 Å². The van der Waals surface area contributed by atoms with E-state index in [0.717, 1.165) is 16.2 Å². The fourth-order valence-electron chi connectivity index (χ4n) is 2.62. The minimum absolute atomic E-state index is 0.328. The lowest BCUT2D eigenvalue weighted by Crippen LogP contribution is -2.47. The van der Waals surface area contributed by atoms with E-state index in [1.165, 1.54) is 3.96 Å². The first-order chi connectivity index (χ1) is 12.5. The molecule has 3 N–H and O–H groups in total. The lowest BCUT2D eigenvalue weighted by atomic mass is 10.1. The Hall–Kier alpha value is -2.97. The molecule has 0 saturated heterocycles. The number of carbonyl (C=O) groups is 2. The Morgan fingerprint density at radius 2 is 1.73 bits per heavy atom. The van der Waals surface area contributed by atoms with Crippen molar-refractivity contribution in [2.24, 2.45) is 0 Å². The second kappa shape index (κ2) is 7.51. The molecule has 1 aromatic heterocycles. The van der Waals surface area contributed by atoms with Crippen LogP contribution >= 0.6 is 11.5 Å². The fraction of sp³-hybridized carbons (Fsp3) is 0.167. The van der Waals surface area contributed by atoms with E-state index in [9.17, 15) is 19.5 Å². The Balaban J connectivity index is 2.09. The molecule has 0 spiro atoms. The van der Waals surface area contributed by atoms with Crippen molar-refractivity contribution < 1.29 is 19.8 Å². The van der Waals surface area contributed by atoms with Crippen LogP contribution in [0.15, 0.2) is 59.4 Å². The number of hydrogen-bond acceptors (Lipinski definition) is 5. The van der Waals surface area contributed by atoms with Gasteiger partial charge in [0.15, 0.2) is 6.04 Å². The molecule has 0 aliphatic heterocycles. The summed E-state index contributed by atoms with van der Waals surface area (Å²) in [6.45, 7) is -0.746. The average molecular weight is 372 g/mol. The summed E-state index contributed by atoms with van der Waals surface area (Å²) >= 11 is 1.13. The SMILES string of the molecule is O=C(N[C@H](CO)C(=O)O)C(c1ccccc1)n1sc2ccccc2c1=O. The highest BCUT2D eigenvalue weighted by atomic mass is 32.1. The van der Waals surface area contributed by atoms with Crippen molar-refractivity contribution in [2.45, 2.75) is 12.1 Å². The van der Waals surface area contributed by atoms with Gasteiger partial charge in [-0.15, -0.1) is 0 Å². The summed E-state index contributed by atoms with van der Waals surface area (Å²) in [6.07, 6.45) is 0. The van der Waals surface area contributed by atoms with Gasteiger partial charge in [0.05, 0.1) is 16.7 Å². The number of aliphatic hydroxyl groups is 1. The molecule has 1 heterocycles. The van der Waals surface area contributed by atoms with Gasteiger partial charge in [0.25, 0.3) is 5.56 Å². The molecule has 0 radical (unpaired) electrons. The van der Waals surface area contributed by atoms with Crippen LogP contribution in [0.1, 0.15) is 11.6 Å². The van der Waals surface area contributed by atoms with E-state index in [1.54, 1.807) is 54.6 Å². The number of aliphatic hydroxyl groups excluding tert-OH is 1. The van der Waals surface area contributed by atoms with Crippen LogP contribution in [0.4, 0.5) is 0 Å². The summed E-state index contributed by atoms with van der Waals surface area (Å²) < 4.78 is 2.05. The zero-order valence-electron chi connectivity index (χ0n) is 13.5. The van der Waals surface area contributed by atoms with Crippen molar-refractivity contribution in [3.8, 4) is 0 Å². The Bertz CT molecular complexity index is 995. The standard InChI is InChI=1S/C18H16N2O5S/c21-10-13(18(24)25)19-16(22)15(11-6-2-1-3-7-11)20-17(23)12-8-4-5-9-14(12)26-20/h1-9,13,15,21H,10H2,(H,19,22)(H,24,25)/t13-,15?/m1/s1. The van der Waals surface area contributed by atoms with Crippen LogP contribution in [0.2, 0.25) is 0 Å². The molecule has 7 nitrogen and oxygen atoms in total. The molecule has 3 rings (SSSR count). The van der Waals surface area contributed by atoms with E-state index in [0.29, 0.717) is 10.9 Å². The molecular formula is C18H16N2O5S. The number of rotatable bonds is 6. The van der Waals surface area contributed by atoms with E-state index in [1.807, 2.05) is 0 Å². The number of carboxylic acids is 1. The monoisotopic (exact) mass is 372 g/mol. The maximum atomic E-state index is 12.8. The van der Waals surface area contributed by atoms with E-state index >= 15 is 0 Å². The van der Waals surface area contributed by atoms with E-state index in [-0.39, 0.29) is 5.56 Å². The summed E-state index contributed by atoms with van der Waals surface area (Å²) in [5.41, 5.74) is 0.214. The summed E-state index contributed by atoms with van der Waals surface area (Å²) in [4.78, 5) is 36.7. The van der Waals surface area contributed by atoms with Crippen molar-refractivity contribution in [1.82, 2.24) is 9.27 Å². The van der Waals surface area contributed by atoms with Crippen LogP contribution in [0.25, 0.3) is 10.1 Å². The second-order valence-corrected chi connectivity index (χ2v) is 6.63. The van der Waals surface area contributed by atoms with Crippen molar-refractivity contribution >= 4 is 33.5 Å². The Morgan fingerprint density at radius 3 is 2.35 bits per heavy atom. The number of aliphatic carboxylic acids is 1. The molecule has 134 valence electrons. The number of aromatic nitrogens is 1. The van der Waals surface area contributed by atoms with Gasteiger partial charge in [0.2, 0.25) is 5.91 Å². The van der Waals surface area contributed by atoms with Crippen molar-refractivity contribution in [3.63, 3.8) is 0 Å². The van der Waals surface area contributed by atoms with Gasteiger partial charge in [-0.1, -0.05) is 54.0 Å². The summed E-state index contributed by atoms with van der Waals surface area (Å²) in [7, 11) is 0. The van der Waals surface area contributed by atoms with E-state index in [2.05, 4.69) is 5.32 Å². The number of amides is 1. The quantitative estimate of drug-likeness (QED) is 0.603. The number of hydrogen-bond donors (Lipinski definition) is 3. The van der Waals surface area contributed by atoms with Crippen LogP contribution in [0, 0.1) is 0 Å². The first-order valence-corrected chi connectivity index (χ1v) is 8.60. The zero-order valence-corrected chi connectivity index (χ0v) is 14.3. The van der Waals surface area contributed by atoms with Crippen LogP contribution in [0.3, 0.4) is 0 Å². The smallest absolute Gasteiger partial charge is 0.328 e. The molecule has 2 atom stereocenters. The normalized spacial score (nSPS) is 13.3. The van der Waals surface area contributed by atoms with Gasteiger partial charge >= 0.3 is 5.97 Å². The molecule has 0 saturated carbocycles. The number of carbonyl (C=O) groups excluding carboxylic acids is 1. The number of nitrogens with zero attached hydrogens (tertiary/aromatic N) is 1. The third kappa shape index (κ3) is 3.37. The summed E-state index contributed by atoms with van der Waals surface area (Å²) in [6, 6.07) is 13.1. The highest BCUT2D eigenvalue weighted by Gasteiger charge is 2.29. The second-order valence-electron chi connectivity index (χ2n) is 5.61. The third-order valence-corrected chi connectivity index (χ3v) is 5.04. The summed E-state index contributed by atoms with van der Waals surface area (Å²) in [5, 5.41) is 21.0. The van der Waals surface area contributed by atoms with Gasteiger partial charge in [-0.2, -0.15) is 0 Å². The highest BCUT2D eigenvalue weighted by molar-refractivity contribution is 7.14. The average Bonchev–Trinajstić information content (AvgIpc) is 2.97. The maximum absolute atomic E-state index is 12.8.